The quantitative estimate of drug-likeness (QED) is 0.606. The molecule has 0 fully saturated rings. The van der Waals surface area contributed by atoms with Crippen LogP contribution in [-0.4, -0.2) is 29.4 Å². The highest BCUT2D eigenvalue weighted by molar-refractivity contribution is 5.81. The Bertz CT molecular complexity index is 859. The molecule has 2 heterocycles. The molecule has 2 N–H and O–H groups in total. The molecule has 0 spiro atoms. The SMILES string of the molecule is COc1cc2c(cc1OC)-c1n[nH]c(Nc3cccnc3)c1C2. The summed E-state index contributed by atoms with van der Waals surface area (Å²) in [5.41, 5.74) is 5.27. The van der Waals surface area contributed by atoms with Gasteiger partial charge < -0.3 is 14.8 Å². The smallest absolute Gasteiger partial charge is 0.161 e. The minimum atomic E-state index is 0.712. The normalized spacial score (nSPS) is 11.7. The number of aromatic amines is 1. The van der Waals surface area contributed by atoms with E-state index < -0.39 is 0 Å². The summed E-state index contributed by atoms with van der Waals surface area (Å²) in [5, 5.41) is 10.9. The summed E-state index contributed by atoms with van der Waals surface area (Å²) in [4.78, 5) is 4.11. The summed E-state index contributed by atoms with van der Waals surface area (Å²) in [6.45, 7) is 0. The van der Waals surface area contributed by atoms with Crippen LogP contribution in [0.4, 0.5) is 11.5 Å². The lowest BCUT2D eigenvalue weighted by molar-refractivity contribution is 0.355. The molecule has 0 atom stereocenters. The van der Waals surface area contributed by atoms with Gasteiger partial charge in [-0.25, -0.2) is 0 Å². The van der Waals surface area contributed by atoms with Crippen LogP contribution in [0, 0.1) is 0 Å². The Morgan fingerprint density at radius 2 is 2.00 bits per heavy atom. The first-order chi connectivity index (χ1) is 11.3. The molecule has 2 aromatic heterocycles. The second-order valence-corrected chi connectivity index (χ2v) is 5.33. The summed E-state index contributed by atoms with van der Waals surface area (Å²) in [7, 11) is 3.29. The molecule has 3 aromatic rings. The van der Waals surface area contributed by atoms with Gasteiger partial charge in [0.2, 0.25) is 0 Å². The monoisotopic (exact) mass is 308 g/mol. The van der Waals surface area contributed by atoms with Crippen LogP contribution in [0.2, 0.25) is 0 Å². The van der Waals surface area contributed by atoms with E-state index in [9.17, 15) is 0 Å². The average molecular weight is 308 g/mol. The number of methoxy groups -OCH3 is 2. The molecule has 0 saturated heterocycles. The van der Waals surface area contributed by atoms with Crippen LogP contribution in [0.5, 0.6) is 11.5 Å². The van der Waals surface area contributed by atoms with Gasteiger partial charge in [-0.3, -0.25) is 10.1 Å². The Balaban J connectivity index is 1.72. The molecule has 0 aliphatic heterocycles. The number of anilines is 2. The third-order valence-corrected chi connectivity index (χ3v) is 4.03. The number of nitrogens with one attached hydrogen (secondary N) is 2. The highest BCUT2D eigenvalue weighted by Crippen LogP contribution is 2.44. The molecule has 6 heteroatoms. The summed E-state index contributed by atoms with van der Waals surface area (Å²) < 4.78 is 10.8. The highest BCUT2D eigenvalue weighted by atomic mass is 16.5. The van der Waals surface area contributed by atoms with Crippen LogP contribution in [0.1, 0.15) is 11.1 Å². The molecule has 1 aliphatic carbocycles. The fourth-order valence-electron chi connectivity index (χ4n) is 2.92. The van der Waals surface area contributed by atoms with Gasteiger partial charge in [-0.2, -0.15) is 5.10 Å². The average Bonchev–Trinajstić information content (AvgIpc) is 3.14. The Morgan fingerprint density at radius 3 is 2.74 bits per heavy atom. The Morgan fingerprint density at radius 1 is 1.17 bits per heavy atom. The van der Waals surface area contributed by atoms with E-state index in [1.54, 1.807) is 26.6 Å². The van der Waals surface area contributed by atoms with E-state index in [-0.39, 0.29) is 0 Å². The molecule has 116 valence electrons. The van der Waals surface area contributed by atoms with Crippen LogP contribution in [0.25, 0.3) is 11.3 Å². The summed E-state index contributed by atoms with van der Waals surface area (Å²) >= 11 is 0. The standard InChI is InChI=1S/C17H16N4O2/c1-22-14-7-10-6-13-16(12(10)8-15(14)23-2)20-21-17(13)19-11-4-3-5-18-9-11/h3-5,7-9H,6H2,1-2H3,(H2,19,20,21). The lowest BCUT2D eigenvalue weighted by atomic mass is 10.1. The number of rotatable bonds is 4. The van der Waals surface area contributed by atoms with E-state index in [4.69, 9.17) is 9.47 Å². The maximum absolute atomic E-state index is 5.39. The van der Waals surface area contributed by atoms with E-state index in [1.165, 1.54) is 5.56 Å². The van der Waals surface area contributed by atoms with Crippen molar-refractivity contribution in [1.82, 2.24) is 15.2 Å². The van der Waals surface area contributed by atoms with Crippen LogP contribution in [-0.2, 0) is 6.42 Å². The topological polar surface area (TPSA) is 72.1 Å². The molecule has 6 nitrogen and oxygen atoms in total. The minimum absolute atomic E-state index is 0.712. The van der Waals surface area contributed by atoms with E-state index in [0.29, 0.717) is 5.75 Å². The summed E-state index contributed by atoms with van der Waals surface area (Å²) in [6.07, 6.45) is 4.32. The van der Waals surface area contributed by atoms with Gasteiger partial charge in [0, 0.05) is 23.7 Å². The Kier molecular flexibility index (Phi) is 3.15. The maximum atomic E-state index is 5.39. The molecule has 1 aliphatic rings. The van der Waals surface area contributed by atoms with Gasteiger partial charge in [0.1, 0.15) is 5.82 Å². The Hall–Kier alpha value is -3.02. The zero-order valence-corrected chi connectivity index (χ0v) is 12.9. The summed E-state index contributed by atoms with van der Waals surface area (Å²) in [5.74, 6) is 2.34. The molecule has 23 heavy (non-hydrogen) atoms. The largest absolute Gasteiger partial charge is 0.493 e. The van der Waals surface area contributed by atoms with Gasteiger partial charge >= 0.3 is 0 Å². The number of pyridine rings is 1. The number of fused-ring (bicyclic) bond motifs is 3. The van der Waals surface area contributed by atoms with E-state index in [0.717, 1.165) is 40.5 Å². The fraction of sp³-hybridized carbons (Fsp3) is 0.176. The predicted molar refractivity (Wildman–Crippen MR) is 87.5 cm³/mol. The summed E-state index contributed by atoms with van der Waals surface area (Å²) in [6, 6.07) is 7.86. The molecule has 1 aromatic carbocycles. The van der Waals surface area contributed by atoms with Crippen molar-refractivity contribution in [3.05, 3.63) is 47.8 Å². The first-order valence-corrected chi connectivity index (χ1v) is 7.29. The van der Waals surface area contributed by atoms with Crippen molar-refractivity contribution in [3.63, 3.8) is 0 Å². The van der Waals surface area contributed by atoms with Gasteiger partial charge in [-0.15, -0.1) is 0 Å². The van der Waals surface area contributed by atoms with E-state index >= 15 is 0 Å². The van der Waals surface area contributed by atoms with Crippen LogP contribution >= 0.6 is 0 Å². The van der Waals surface area contributed by atoms with E-state index in [2.05, 4.69) is 20.5 Å². The minimum Gasteiger partial charge on any atom is -0.493 e. The predicted octanol–water partition coefficient (Wildman–Crippen LogP) is 3.14. The van der Waals surface area contributed by atoms with Gasteiger partial charge in [0.25, 0.3) is 0 Å². The number of ether oxygens (including phenoxy) is 2. The molecule has 0 unspecified atom stereocenters. The molecular weight excluding hydrogens is 292 g/mol. The van der Waals surface area contributed by atoms with Crippen molar-refractivity contribution >= 4 is 11.5 Å². The lowest BCUT2D eigenvalue weighted by Crippen LogP contribution is -1.95. The van der Waals surface area contributed by atoms with Crippen molar-refractivity contribution < 1.29 is 9.47 Å². The van der Waals surface area contributed by atoms with Crippen LogP contribution < -0.4 is 14.8 Å². The van der Waals surface area contributed by atoms with Crippen molar-refractivity contribution in [2.45, 2.75) is 6.42 Å². The molecule has 0 saturated carbocycles. The van der Waals surface area contributed by atoms with Crippen LogP contribution in [0.15, 0.2) is 36.7 Å². The Labute approximate surface area is 133 Å². The van der Waals surface area contributed by atoms with Crippen molar-refractivity contribution in [2.75, 3.05) is 19.5 Å². The number of hydrogen-bond acceptors (Lipinski definition) is 5. The van der Waals surface area contributed by atoms with Gasteiger partial charge in [-0.05, 0) is 29.8 Å². The first-order valence-electron chi connectivity index (χ1n) is 7.29. The van der Waals surface area contributed by atoms with Gasteiger partial charge in [-0.1, -0.05) is 0 Å². The fourth-order valence-corrected chi connectivity index (χ4v) is 2.92. The van der Waals surface area contributed by atoms with E-state index in [1.807, 2.05) is 24.3 Å². The number of H-pyrrole nitrogens is 1. The van der Waals surface area contributed by atoms with Gasteiger partial charge in [0.15, 0.2) is 11.5 Å². The van der Waals surface area contributed by atoms with Crippen molar-refractivity contribution in [2.24, 2.45) is 0 Å². The second kappa shape index (κ2) is 5.31. The van der Waals surface area contributed by atoms with Crippen molar-refractivity contribution in [3.8, 4) is 22.8 Å². The maximum Gasteiger partial charge on any atom is 0.161 e. The number of hydrogen-bond donors (Lipinski definition) is 2. The second-order valence-electron chi connectivity index (χ2n) is 5.33. The molecular formula is C17H16N4O2. The van der Waals surface area contributed by atoms with Gasteiger partial charge in [0.05, 0.1) is 31.8 Å². The lowest BCUT2D eigenvalue weighted by Gasteiger charge is -2.10. The molecule has 4 rings (SSSR count). The number of aromatic nitrogens is 3. The zero-order chi connectivity index (χ0) is 15.8. The third kappa shape index (κ3) is 2.19. The highest BCUT2D eigenvalue weighted by Gasteiger charge is 2.27. The third-order valence-electron chi connectivity index (χ3n) is 4.03. The number of nitrogens with zero attached hydrogens (tertiary/aromatic N) is 2. The molecule has 0 amide bonds. The zero-order valence-electron chi connectivity index (χ0n) is 12.9. The first kappa shape index (κ1) is 13.6. The van der Waals surface area contributed by atoms with Crippen molar-refractivity contribution in [1.29, 1.82) is 0 Å². The molecule has 0 bridgehead atoms. The van der Waals surface area contributed by atoms with Crippen LogP contribution in [0.3, 0.4) is 0 Å². The number of benzene rings is 1. The molecule has 0 radical (unpaired) electrons.